The molecule has 2 N–H and O–H groups in total. The molecule has 0 bridgehead atoms. The molecule has 13 heteroatoms. The van der Waals surface area contributed by atoms with Crippen molar-refractivity contribution in [2.45, 2.75) is 24.7 Å². The molecule has 37 heavy (non-hydrogen) atoms. The minimum atomic E-state index is -3.85. The summed E-state index contributed by atoms with van der Waals surface area (Å²) in [5.74, 6) is 1.15. The van der Waals surface area contributed by atoms with Crippen LogP contribution in [0.2, 0.25) is 0 Å². The van der Waals surface area contributed by atoms with E-state index < -0.39 is 10.0 Å². The lowest BCUT2D eigenvalue weighted by atomic mass is 9.96. The van der Waals surface area contributed by atoms with Crippen molar-refractivity contribution in [1.82, 2.24) is 29.9 Å². The van der Waals surface area contributed by atoms with E-state index in [4.69, 9.17) is 0 Å². The molecule has 4 heterocycles. The van der Waals surface area contributed by atoms with Gasteiger partial charge >= 0.3 is 0 Å². The summed E-state index contributed by atoms with van der Waals surface area (Å²) in [7, 11) is -3.85. The summed E-state index contributed by atoms with van der Waals surface area (Å²) < 4.78 is 29.2. The van der Waals surface area contributed by atoms with Crippen molar-refractivity contribution in [3.63, 3.8) is 0 Å². The van der Waals surface area contributed by atoms with Crippen LogP contribution in [0.3, 0.4) is 0 Å². The summed E-state index contributed by atoms with van der Waals surface area (Å²) in [4.78, 5) is 23.0. The molecule has 0 unspecified atom stereocenters. The van der Waals surface area contributed by atoms with Crippen LogP contribution < -0.4 is 14.9 Å². The van der Waals surface area contributed by atoms with Crippen molar-refractivity contribution in [3.05, 3.63) is 72.8 Å². The molecule has 12 nitrogen and oxygen atoms in total. The van der Waals surface area contributed by atoms with Gasteiger partial charge in [-0.1, -0.05) is 0 Å². The predicted molar refractivity (Wildman–Crippen MR) is 137 cm³/mol. The first kappa shape index (κ1) is 24.3. The number of piperidine rings is 1. The summed E-state index contributed by atoms with van der Waals surface area (Å²) in [6.45, 7) is 3.10. The predicted octanol–water partition coefficient (Wildman–Crippen LogP) is 2.42. The summed E-state index contributed by atoms with van der Waals surface area (Å²) >= 11 is 0. The number of sulfonamides is 1. The van der Waals surface area contributed by atoms with Gasteiger partial charge in [-0.25, -0.2) is 27.8 Å². The average Bonchev–Trinajstić information content (AvgIpc) is 3.44. The molecule has 4 aromatic rings. The Morgan fingerprint density at radius 2 is 1.70 bits per heavy atom. The Morgan fingerprint density at radius 1 is 0.973 bits per heavy atom. The summed E-state index contributed by atoms with van der Waals surface area (Å²) in [5.41, 5.74) is 1.17. The lowest BCUT2D eigenvalue weighted by molar-refractivity contribution is -0.120. The van der Waals surface area contributed by atoms with Gasteiger partial charge in [-0.15, -0.1) is 10.2 Å². The molecule has 5 rings (SSSR count). The molecule has 1 aromatic carbocycles. The van der Waals surface area contributed by atoms with Crippen LogP contribution in [0.5, 0.6) is 0 Å². The lowest BCUT2D eigenvalue weighted by Gasteiger charge is -2.31. The van der Waals surface area contributed by atoms with E-state index in [1.54, 1.807) is 42.2 Å². The first-order valence-corrected chi connectivity index (χ1v) is 13.2. The number of hydrogen-bond acceptors (Lipinski definition) is 9. The van der Waals surface area contributed by atoms with Gasteiger partial charge in [0.25, 0.3) is 10.0 Å². The van der Waals surface area contributed by atoms with Gasteiger partial charge in [-0.3, -0.25) is 4.79 Å². The number of hydrogen-bond donors (Lipinski definition) is 2. The number of rotatable bonds is 7. The molecule has 0 radical (unpaired) electrons. The fourth-order valence-corrected chi connectivity index (χ4v) is 4.97. The number of carbonyl (C=O) groups is 1. The Balaban J connectivity index is 1.14. The van der Waals surface area contributed by atoms with E-state index in [1.807, 2.05) is 18.2 Å². The highest BCUT2D eigenvalue weighted by Gasteiger charge is 2.26. The average molecular weight is 520 g/mol. The zero-order chi connectivity index (χ0) is 25.8. The van der Waals surface area contributed by atoms with Crippen molar-refractivity contribution >= 4 is 33.4 Å². The molecule has 1 fully saturated rings. The number of aromatic nitrogens is 6. The second-order valence-corrected chi connectivity index (χ2v) is 10.3. The van der Waals surface area contributed by atoms with Gasteiger partial charge in [-0.05, 0) is 68.3 Å². The molecule has 1 amide bonds. The monoisotopic (exact) mass is 519 g/mol. The molecule has 1 aliphatic heterocycles. The number of amides is 1. The van der Waals surface area contributed by atoms with E-state index in [1.165, 1.54) is 18.3 Å². The van der Waals surface area contributed by atoms with Crippen LogP contribution >= 0.6 is 0 Å². The highest BCUT2D eigenvalue weighted by molar-refractivity contribution is 7.92. The number of aryl methyl sites for hydroxylation is 1. The van der Waals surface area contributed by atoms with E-state index in [0.717, 1.165) is 5.82 Å². The third kappa shape index (κ3) is 5.72. The van der Waals surface area contributed by atoms with E-state index in [2.05, 4.69) is 40.2 Å². The molecule has 1 saturated heterocycles. The van der Waals surface area contributed by atoms with Gasteiger partial charge in [0.2, 0.25) is 11.9 Å². The smallest absolute Gasteiger partial charge is 0.264 e. The van der Waals surface area contributed by atoms with Crippen LogP contribution in [0.1, 0.15) is 18.5 Å². The SMILES string of the molecule is Cc1ccnc(NS(=O)(=O)c2ccc(NC(=O)C3CCN(c4ccc(-n5cccn5)nn4)CC3)cc2)n1. The Kier molecular flexibility index (Phi) is 6.77. The Bertz CT molecular complexity index is 1470. The maximum Gasteiger partial charge on any atom is 0.264 e. The van der Waals surface area contributed by atoms with Gasteiger partial charge in [0.15, 0.2) is 11.6 Å². The number of nitrogens with one attached hydrogen (secondary N) is 2. The highest BCUT2D eigenvalue weighted by Crippen LogP contribution is 2.24. The maximum atomic E-state index is 12.8. The van der Waals surface area contributed by atoms with E-state index >= 15 is 0 Å². The maximum absolute atomic E-state index is 12.8. The van der Waals surface area contributed by atoms with Crippen LogP contribution in [0, 0.1) is 12.8 Å². The fourth-order valence-electron chi connectivity index (χ4n) is 4.02. The van der Waals surface area contributed by atoms with Crippen LogP contribution in [-0.2, 0) is 14.8 Å². The summed E-state index contributed by atoms with van der Waals surface area (Å²) in [5, 5.41) is 15.6. The van der Waals surface area contributed by atoms with Crippen LogP contribution in [-0.4, -0.2) is 57.4 Å². The Labute approximate surface area is 213 Å². The molecule has 0 aliphatic carbocycles. The molecular weight excluding hydrogens is 494 g/mol. The van der Waals surface area contributed by atoms with Gasteiger partial charge in [0.1, 0.15) is 0 Å². The molecule has 0 spiro atoms. The van der Waals surface area contributed by atoms with Crippen LogP contribution in [0.4, 0.5) is 17.5 Å². The van der Waals surface area contributed by atoms with Crippen molar-refractivity contribution in [3.8, 4) is 5.82 Å². The standard InChI is InChI=1S/C24H25N9O3S/c1-17-9-13-25-24(27-17)31-37(35,36)20-5-3-19(4-6-20)28-23(34)18-10-15-32(16-11-18)21-7-8-22(30-29-21)33-14-2-12-26-33/h2-9,12-14,18H,10-11,15-16H2,1H3,(H,28,34)(H,25,27,31). The second kappa shape index (κ2) is 10.3. The number of benzene rings is 1. The van der Waals surface area contributed by atoms with Crippen molar-refractivity contribution in [2.75, 3.05) is 28.0 Å². The van der Waals surface area contributed by atoms with Gasteiger partial charge in [0.05, 0.1) is 4.90 Å². The zero-order valence-electron chi connectivity index (χ0n) is 20.0. The number of anilines is 3. The van der Waals surface area contributed by atoms with Gasteiger partial charge < -0.3 is 10.2 Å². The first-order chi connectivity index (χ1) is 17.9. The summed E-state index contributed by atoms with van der Waals surface area (Å²) in [6, 6.07) is 13.3. The third-order valence-electron chi connectivity index (χ3n) is 6.02. The fraction of sp³-hybridized carbons (Fsp3) is 0.250. The molecule has 3 aromatic heterocycles. The van der Waals surface area contributed by atoms with Crippen LogP contribution in [0.25, 0.3) is 5.82 Å². The highest BCUT2D eigenvalue weighted by atomic mass is 32.2. The van der Waals surface area contributed by atoms with Gasteiger partial charge in [-0.2, -0.15) is 5.10 Å². The normalized spacial score (nSPS) is 14.4. The lowest BCUT2D eigenvalue weighted by Crippen LogP contribution is -2.38. The van der Waals surface area contributed by atoms with Crippen molar-refractivity contribution < 1.29 is 13.2 Å². The van der Waals surface area contributed by atoms with Gasteiger partial charge in [0, 0.05) is 49.0 Å². The zero-order valence-corrected chi connectivity index (χ0v) is 20.8. The first-order valence-electron chi connectivity index (χ1n) is 11.7. The van der Waals surface area contributed by atoms with E-state index in [-0.39, 0.29) is 22.7 Å². The minimum absolute atomic E-state index is 0.00329. The number of nitrogens with zero attached hydrogens (tertiary/aromatic N) is 7. The number of carbonyl (C=O) groups excluding carboxylic acids is 1. The van der Waals surface area contributed by atoms with E-state index in [0.29, 0.717) is 43.1 Å². The van der Waals surface area contributed by atoms with E-state index in [9.17, 15) is 13.2 Å². The molecule has 190 valence electrons. The minimum Gasteiger partial charge on any atom is -0.355 e. The third-order valence-corrected chi connectivity index (χ3v) is 7.36. The molecule has 0 saturated carbocycles. The molecule has 0 atom stereocenters. The second-order valence-electron chi connectivity index (χ2n) is 8.60. The Hall–Kier alpha value is -4.39. The van der Waals surface area contributed by atoms with Crippen molar-refractivity contribution in [1.29, 1.82) is 0 Å². The molecular formula is C24H25N9O3S. The Morgan fingerprint density at radius 3 is 2.35 bits per heavy atom. The van der Waals surface area contributed by atoms with Crippen molar-refractivity contribution in [2.24, 2.45) is 5.92 Å². The summed E-state index contributed by atoms with van der Waals surface area (Å²) in [6.07, 6.45) is 6.30. The quantitative estimate of drug-likeness (QED) is 0.375. The largest absolute Gasteiger partial charge is 0.355 e. The molecule has 1 aliphatic rings. The topological polar surface area (TPSA) is 148 Å². The van der Waals surface area contributed by atoms with Crippen LogP contribution in [0.15, 0.2) is 72.0 Å².